The van der Waals surface area contributed by atoms with Gasteiger partial charge in [0, 0.05) is 12.0 Å². The number of rotatable bonds is 5. The van der Waals surface area contributed by atoms with Gasteiger partial charge in [0.15, 0.2) is 6.61 Å². The molecule has 0 unspecified atom stereocenters. The Hall–Kier alpha value is -4.27. The van der Waals surface area contributed by atoms with Gasteiger partial charge < -0.3 is 4.74 Å². The molecule has 5 nitrogen and oxygen atoms in total. The van der Waals surface area contributed by atoms with E-state index < -0.39 is 47.5 Å². The Balaban J connectivity index is 1.43. The molecule has 0 saturated heterocycles. The zero-order valence-electron chi connectivity index (χ0n) is 20.0. The molecule has 38 heavy (non-hydrogen) atoms. The van der Waals surface area contributed by atoms with Gasteiger partial charge in [-0.25, -0.2) is 27.4 Å². The Morgan fingerprint density at radius 2 is 1.58 bits per heavy atom. The molecule has 0 radical (unpaired) electrons. The lowest BCUT2D eigenvalue weighted by molar-refractivity contribution is -0.137. The van der Waals surface area contributed by atoms with Gasteiger partial charge in [0.05, 0.1) is 17.3 Å². The molecule has 1 amide bonds. The molecule has 5 rings (SSSR count). The molecule has 1 heterocycles. The molecular weight excluding hydrogens is 500 g/mol. The number of nitrogens with zero attached hydrogens (tertiary/aromatic N) is 2. The summed E-state index contributed by atoms with van der Waals surface area (Å²) in [5.74, 6) is -4.70. The predicted molar refractivity (Wildman–Crippen MR) is 132 cm³/mol. The number of hydrogen-bond donors (Lipinski definition) is 0. The van der Waals surface area contributed by atoms with Gasteiger partial charge in [0.2, 0.25) is 0 Å². The molecule has 194 valence electrons. The molecular formula is C29H22F4N2O3. The van der Waals surface area contributed by atoms with Gasteiger partial charge in [-0.2, -0.15) is 5.10 Å². The number of esters is 1. The molecule has 1 saturated carbocycles. The van der Waals surface area contributed by atoms with E-state index in [0.717, 1.165) is 29.7 Å². The van der Waals surface area contributed by atoms with Gasteiger partial charge in [0.25, 0.3) is 5.91 Å². The van der Waals surface area contributed by atoms with Crippen LogP contribution < -0.4 is 0 Å². The second-order valence-corrected chi connectivity index (χ2v) is 9.14. The SMILES string of the molecule is O=C(OCC(=O)N1N=C2/C(=C\c3ccc(F)cc3)CCC[C@H]2[C@@H]1c1ccc(F)cc1)c1ccc(F)cc1F. The van der Waals surface area contributed by atoms with E-state index in [0.29, 0.717) is 30.2 Å². The van der Waals surface area contributed by atoms with Crippen LogP contribution in [0.15, 0.2) is 77.4 Å². The molecule has 0 aromatic heterocycles. The van der Waals surface area contributed by atoms with Crippen molar-refractivity contribution in [2.75, 3.05) is 6.61 Å². The molecule has 3 aromatic carbocycles. The van der Waals surface area contributed by atoms with E-state index in [-0.39, 0.29) is 11.7 Å². The largest absolute Gasteiger partial charge is 0.452 e. The highest BCUT2D eigenvalue weighted by atomic mass is 19.1. The van der Waals surface area contributed by atoms with Gasteiger partial charge in [0.1, 0.15) is 23.3 Å². The third-order valence-electron chi connectivity index (χ3n) is 6.66. The van der Waals surface area contributed by atoms with Crippen molar-refractivity contribution in [1.29, 1.82) is 0 Å². The van der Waals surface area contributed by atoms with Crippen molar-refractivity contribution >= 4 is 23.7 Å². The quantitative estimate of drug-likeness (QED) is 0.295. The smallest absolute Gasteiger partial charge is 0.341 e. The number of ether oxygens (including phenoxy) is 1. The van der Waals surface area contributed by atoms with Crippen LogP contribution in [-0.2, 0) is 9.53 Å². The summed E-state index contributed by atoms with van der Waals surface area (Å²) >= 11 is 0. The van der Waals surface area contributed by atoms with Gasteiger partial charge in [-0.1, -0.05) is 24.3 Å². The molecule has 2 atom stereocenters. The lowest BCUT2D eigenvalue weighted by Crippen LogP contribution is -2.34. The van der Waals surface area contributed by atoms with Crippen LogP contribution in [0, 0.1) is 29.2 Å². The van der Waals surface area contributed by atoms with Crippen LogP contribution in [0.2, 0.25) is 0 Å². The number of fused-ring (bicyclic) bond motifs is 1. The minimum Gasteiger partial charge on any atom is -0.452 e. The summed E-state index contributed by atoms with van der Waals surface area (Å²) < 4.78 is 59.2. The maximum Gasteiger partial charge on any atom is 0.341 e. The molecule has 9 heteroatoms. The zero-order chi connectivity index (χ0) is 26.8. The number of amides is 1. The Labute approximate surface area is 216 Å². The maximum atomic E-state index is 14.0. The van der Waals surface area contributed by atoms with Crippen LogP contribution in [0.25, 0.3) is 6.08 Å². The lowest BCUT2D eigenvalue weighted by atomic mass is 9.77. The fourth-order valence-electron chi connectivity index (χ4n) is 4.89. The summed E-state index contributed by atoms with van der Waals surface area (Å²) in [4.78, 5) is 25.6. The summed E-state index contributed by atoms with van der Waals surface area (Å²) in [5.41, 5.74) is 2.51. The van der Waals surface area contributed by atoms with Crippen LogP contribution in [0.1, 0.15) is 46.8 Å². The topological polar surface area (TPSA) is 59.0 Å². The fraction of sp³-hybridized carbons (Fsp3) is 0.207. The summed E-state index contributed by atoms with van der Waals surface area (Å²) in [5, 5.41) is 5.84. The first-order valence-corrected chi connectivity index (χ1v) is 12.0. The highest BCUT2D eigenvalue weighted by Crippen LogP contribution is 2.44. The number of benzene rings is 3. The van der Waals surface area contributed by atoms with E-state index in [1.54, 1.807) is 24.3 Å². The number of carbonyl (C=O) groups excluding carboxylic acids is 2. The number of carbonyl (C=O) groups is 2. The standard InChI is InChI=1S/C29H22F4N2O3/c30-20-8-4-17(5-9-20)14-19-2-1-3-24-27(19)34-35(28(24)18-6-10-21(31)11-7-18)26(36)16-38-29(37)23-13-12-22(32)15-25(23)33/h4-15,24,28H,1-3,16H2/b19-14-/t24-,28+/m1/s1. The van der Waals surface area contributed by atoms with E-state index in [1.807, 2.05) is 6.08 Å². The average Bonchev–Trinajstić information content (AvgIpc) is 3.30. The Bertz CT molecular complexity index is 1440. The first kappa shape index (κ1) is 25.4. The minimum absolute atomic E-state index is 0.199. The molecule has 1 aliphatic heterocycles. The second kappa shape index (κ2) is 10.6. The molecule has 1 fully saturated rings. The number of hydrazone groups is 1. The number of halogens is 4. The van der Waals surface area contributed by atoms with E-state index in [2.05, 4.69) is 5.10 Å². The van der Waals surface area contributed by atoms with E-state index in [1.165, 1.54) is 29.3 Å². The van der Waals surface area contributed by atoms with Crippen molar-refractivity contribution in [1.82, 2.24) is 5.01 Å². The molecule has 1 aliphatic carbocycles. The van der Waals surface area contributed by atoms with Crippen LogP contribution in [0.4, 0.5) is 17.6 Å². The molecule has 2 aliphatic rings. The zero-order valence-corrected chi connectivity index (χ0v) is 20.0. The van der Waals surface area contributed by atoms with Crippen molar-refractivity contribution in [3.8, 4) is 0 Å². The lowest BCUT2D eigenvalue weighted by Gasteiger charge is -2.29. The van der Waals surface area contributed by atoms with Crippen LogP contribution in [0.5, 0.6) is 0 Å². The van der Waals surface area contributed by atoms with E-state index in [4.69, 9.17) is 4.74 Å². The van der Waals surface area contributed by atoms with Gasteiger partial charge in [-0.15, -0.1) is 0 Å². The first-order valence-electron chi connectivity index (χ1n) is 12.0. The minimum atomic E-state index is -1.12. The summed E-state index contributed by atoms with van der Waals surface area (Å²) in [6.07, 6.45) is 4.13. The maximum absolute atomic E-state index is 14.0. The van der Waals surface area contributed by atoms with Gasteiger partial charge >= 0.3 is 5.97 Å². The third kappa shape index (κ3) is 5.22. The normalized spacial score (nSPS) is 19.7. The van der Waals surface area contributed by atoms with Crippen molar-refractivity contribution in [3.63, 3.8) is 0 Å². The summed E-state index contributed by atoms with van der Waals surface area (Å²) in [7, 11) is 0. The number of hydrogen-bond acceptors (Lipinski definition) is 4. The third-order valence-corrected chi connectivity index (χ3v) is 6.66. The van der Waals surface area contributed by atoms with Crippen LogP contribution in [-0.4, -0.2) is 29.2 Å². The number of allylic oxidation sites excluding steroid dienone is 1. The Morgan fingerprint density at radius 1 is 0.921 bits per heavy atom. The second-order valence-electron chi connectivity index (χ2n) is 9.14. The average molecular weight is 522 g/mol. The highest BCUT2D eigenvalue weighted by Gasteiger charge is 2.44. The fourth-order valence-corrected chi connectivity index (χ4v) is 4.89. The monoisotopic (exact) mass is 522 g/mol. The Morgan fingerprint density at radius 3 is 2.26 bits per heavy atom. The van der Waals surface area contributed by atoms with Crippen molar-refractivity contribution in [2.24, 2.45) is 11.0 Å². The van der Waals surface area contributed by atoms with Crippen molar-refractivity contribution in [3.05, 3.63) is 112 Å². The molecule has 3 aromatic rings. The van der Waals surface area contributed by atoms with Crippen molar-refractivity contribution < 1.29 is 31.9 Å². The van der Waals surface area contributed by atoms with Gasteiger partial charge in [-0.05, 0) is 78.4 Å². The first-order chi connectivity index (χ1) is 18.3. The highest BCUT2D eigenvalue weighted by molar-refractivity contribution is 6.08. The van der Waals surface area contributed by atoms with Crippen molar-refractivity contribution in [2.45, 2.75) is 25.3 Å². The van der Waals surface area contributed by atoms with E-state index in [9.17, 15) is 27.2 Å². The molecule has 0 spiro atoms. The molecule has 0 bridgehead atoms. The van der Waals surface area contributed by atoms with Gasteiger partial charge in [-0.3, -0.25) is 4.79 Å². The molecule has 0 N–H and O–H groups in total. The summed E-state index contributed by atoms with van der Waals surface area (Å²) in [6, 6.07) is 13.6. The van der Waals surface area contributed by atoms with Crippen LogP contribution >= 0.6 is 0 Å². The Kier molecular flexibility index (Phi) is 7.09. The van der Waals surface area contributed by atoms with Crippen LogP contribution in [0.3, 0.4) is 0 Å². The van der Waals surface area contributed by atoms with E-state index >= 15 is 0 Å². The predicted octanol–water partition coefficient (Wildman–Crippen LogP) is 6.22. The summed E-state index contributed by atoms with van der Waals surface area (Å²) in [6.45, 7) is -0.728.